The second-order valence-corrected chi connectivity index (χ2v) is 14.9. The maximum atomic E-state index is 13.0. The van der Waals surface area contributed by atoms with E-state index >= 15 is 0 Å². The Morgan fingerprint density at radius 3 is 1.42 bits per heavy atom. The summed E-state index contributed by atoms with van der Waals surface area (Å²) >= 11 is 0. The van der Waals surface area contributed by atoms with Crippen LogP contribution in [0.1, 0.15) is 187 Å². The van der Waals surface area contributed by atoms with Crippen LogP contribution in [0.5, 0.6) is 0 Å². The van der Waals surface area contributed by atoms with Gasteiger partial charge in [0.05, 0.1) is 25.4 Å². The first kappa shape index (κ1) is 47.2. The maximum absolute atomic E-state index is 13.0. The van der Waals surface area contributed by atoms with Crippen LogP contribution < -0.4 is 5.32 Å². The van der Waals surface area contributed by atoms with Crippen molar-refractivity contribution in [2.75, 3.05) is 13.2 Å². The SMILES string of the molecule is CCCCCCCCCCCCCCCCC(O)C(=O)NC(COC1OC(CO)C(O)C(O)C1O)C(O)CCCCCCCCCCCCC. The molecule has 0 spiro atoms. The van der Waals surface area contributed by atoms with Crippen molar-refractivity contribution in [2.24, 2.45) is 0 Å². The van der Waals surface area contributed by atoms with Gasteiger partial charge < -0.3 is 45.4 Å². The van der Waals surface area contributed by atoms with Gasteiger partial charge in [-0.05, 0) is 12.8 Å². The van der Waals surface area contributed by atoms with Crippen LogP contribution in [0, 0.1) is 0 Å². The van der Waals surface area contributed by atoms with Gasteiger partial charge in [0.1, 0.15) is 30.5 Å². The van der Waals surface area contributed by atoms with Crippen molar-refractivity contribution >= 4 is 5.91 Å². The van der Waals surface area contributed by atoms with Crippen molar-refractivity contribution in [1.82, 2.24) is 5.32 Å². The molecule has 0 aromatic rings. The second-order valence-electron chi connectivity index (χ2n) is 14.9. The maximum Gasteiger partial charge on any atom is 0.249 e. The molecule has 10 nitrogen and oxygen atoms in total. The highest BCUT2D eigenvalue weighted by Crippen LogP contribution is 2.23. The molecule has 298 valence electrons. The van der Waals surface area contributed by atoms with Gasteiger partial charge in [0.15, 0.2) is 6.29 Å². The fourth-order valence-electron chi connectivity index (χ4n) is 6.81. The van der Waals surface area contributed by atoms with Crippen molar-refractivity contribution in [3.05, 3.63) is 0 Å². The van der Waals surface area contributed by atoms with Crippen molar-refractivity contribution < 1.29 is 44.9 Å². The highest BCUT2D eigenvalue weighted by molar-refractivity contribution is 5.80. The van der Waals surface area contributed by atoms with E-state index in [0.29, 0.717) is 12.8 Å². The van der Waals surface area contributed by atoms with Gasteiger partial charge in [0.25, 0.3) is 0 Å². The Morgan fingerprint density at radius 1 is 0.600 bits per heavy atom. The molecule has 0 radical (unpaired) electrons. The average Bonchev–Trinajstić information content (AvgIpc) is 3.11. The number of aliphatic hydroxyl groups is 6. The molecule has 8 atom stereocenters. The van der Waals surface area contributed by atoms with E-state index in [2.05, 4.69) is 19.2 Å². The van der Waals surface area contributed by atoms with Crippen LogP contribution in [0.4, 0.5) is 0 Å². The summed E-state index contributed by atoms with van der Waals surface area (Å²) in [4.78, 5) is 13.0. The molecule has 0 aliphatic carbocycles. The summed E-state index contributed by atoms with van der Waals surface area (Å²) in [7, 11) is 0. The molecule has 1 rings (SSSR count). The summed E-state index contributed by atoms with van der Waals surface area (Å²) < 4.78 is 11.1. The molecular formula is C40H79NO9. The lowest BCUT2D eigenvalue weighted by atomic mass is 9.99. The molecule has 50 heavy (non-hydrogen) atoms. The third-order valence-corrected chi connectivity index (χ3v) is 10.3. The second kappa shape index (κ2) is 31.7. The van der Waals surface area contributed by atoms with Crippen molar-refractivity contribution in [3.63, 3.8) is 0 Å². The fraction of sp³-hybridized carbons (Fsp3) is 0.975. The number of hydrogen-bond donors (Lipinski definition) is 7. The van der Waals surface area contributed by atoms with Crippen molar-refractivity contribution in [3.8, 4) is 0 Å². The summed E-state index contributed by atoms with van der Waals surface area (Å²) in [6.45, 7) is 3.64. The van der Waals surface area contributed by atoms with Crippen molar-refractivity contribution in [1.29, 1.82) is 0 Å². The molecule has 0 saturated carbocycles. The first-order chi connectivity index (χ1) is 24.3. The van der Waals surface area contributed by atoms with Crippen LogP contribution in [0.3, 0.4) is 0 Å². The zero-order chi connectivity index (χ0) is 36.8. The van der Waals surface area contributed by atoms with Crippen LogP contribution in [0.15, 0.2) is 0 Å². The van der Waals surface area contributed by atoms with E-state index in [1.54, 1.807) is 0 Å². The molecule has 1 fully saturated rings. The lowest BCUT2D eigenvalue weighted by Crippen LogP contribution is -2.60. The number of ether oxygens (including phenoxy) is 2. The fourth-order valence-corrected chi connectivity index (χ4v) is 6.81. The zero-order valence-corrected chi connectivity index (χ0v) is 32.0. The Labute approximate surface area is 305 Å². The van der Waals surface area contributed by atoms with Gasteiger partial charge in [-0.3, -0.25) is 4.79 Å². The monoisotopic (exact) mass is 718 g/mol. The predicted molar refractivity (Wildman–Crippen MR) is 200 cm³/mol. The highest BCUT2D eigenvalue weighted by Gasteiger charge is 2.44. The van der Waals surface area contributed by atoms with Crippen LogP contribution in [0.2, 0.25) is 0 Å². The minimum Gasteiger partial charge on any atom is -0.394 e. The number of hydrogen-bond acceptors (Lipinski definition) is 9. The van der Waals surface area contributed by atoms with E-state index in [1.165, 1.54) is 116 Å². The van der Waals surface area contributed by atoms with E-state index in [-0.39, 0.29) is 6.61 Å². The number of unbranched alkanes of at least 4 members (excludes halogenated alkanes) is 23. The van der Waals surface area contributed by atoms with Crippen LogP contribution in [0.25, 0.3) is 0 Å². The number of amides is 1. The summed E-state index contributed by atoms with van der Waals surface area (Å²) in [5.41, 5.74) is 0. The van der Waals surface area contributed by atoms with Gasteiger partial charge in [0.2, 0.25) is 5.91 Å². The van der Waals surface area contributed by atoms with Crippen LogP contribution >= 0.6 is 0 Å². The van der Waals surface area contributed by atoms with E-state index in [4.69, 9.17) is 9.47 Å². The third-order valence-electron chi connectivity index (χ3n) is 10.3. The standard InChI is InChI=1S/C40H79NO9/c1-3-5-7-9-11-13-15-16-17-19-21-23-25-27-29-34(44)39(48)41-32(31-49-40-38(47)37(46)36(45)35(30-42)50-40)33(43)28-26-24-22-20-18-14-12-10-8-6-4-2/h32-38,40,42-47H,3-31H2,1-2H3,(H,41,48). The lowest BCUT2D eigenvalue weighted by molar-refractivity contribution is -0.302. The van der Waals surface area contributed by atoms with Gasteiger partial charge in [-0.15, -0.1) is 0 Å². The molecule has 1 aliphatic heterocycles. The molecule has 8 unspecified atom stereocenters. The Hall–Kier alpha value is -0.850. The van der Waals surface area contributed by atoms with E-state index in [1.807, 2.05) is 0 Å². The largest absolute Gasteiger partial charge is 0.394 e. The van der Waals surface area contributed by atoms with E-state index < -0.39 is 61.5 Å². The molecule has 0 bridgehead atoms. The molecule has 7 N–H and O–H groups in total. The number of nitrogens with one attached hydrogen (secondary N) is 1. The lowest BCUT2D eigenvalue weighted by Gasteiger charge is -2.40. The Kier molecular flexibility index (Phi) is 29.9. The first-order valence-electron chi connectivity index (χ1n) is 20.8. The molecular weight excluding hydrogens is 638 g/mol. The summed E-state index contributed by atoms with van der Waals surface area (Å²) in [6.07, 6.45) is 21.5. The molecule has 0 aromatic heterocycles. The molecule has 1 saturated heterocycles. The summed E-state index contributed by atoms with van der Waals surface area (Å²) in [6, 6.07) is -0.885. The van der Waals surface area contributed by atoms with Crippen LogP contribution in [-0.4, -0.2) is 98.7 Å². The van der Waals surface area contributed by atoms with Gasteiger partial charge in [-0.1, -0.05) is 174 Å². The van der Waals surface area contributed by atoms with Crippen molar-refractivity contribution in [2.45, 2.75) is 236 Å². The molecule has 1 amide bonds. The Morgan fingerprint density at radius 2 is 1.00 bits per heavy atom. The van der Waals surface area contributed by atoms with E-state index in [9.17, 15) is 35.4 Å². The average molecular weight is 718 g/mol. The van der Waals surface area contributed by atoms with Gasteiger partial charge in [-0.2, -0.15) is 0 Å². The predicted octanol–water partition coefficient (Wildman–Crippen LogP) is 6.58. The molecule has 1 heterocycles. The highest BCUT2D eigenvalue weighted by atomic mass is 16.7. The molecule has 10 heteroatoms. The smallest absolute Gasteiger partial charge is 0.249 e. The summed E-state index contributed by atoms with van der Waals surface area (Å²) in [5, 5.41) is 64.5. The minimum atomic E-state index is -1.59. The van der Waals surface area contributed by atoms with Gasteiger partial charge in [0, 0.05) is 0 Å². The number of carbonyl (C=O) groups is 1. The normalized spacial score (nSPS) is 22.8. The molecule has 0 aromatic carbocycles. The topological polar surface area (TPSA) is 169 Å². The van der Waals surface area contributed by atoms with E-state index in [0.717, 1.165) is 44.9 Å². The first-order valence-corrected chi connectivity index (χ1v) is 20.8. The van der Waals surface area contributed by atoms with Crippen LogP contribution in [-0.2, 0) is 14.3 Å². The number of aliphatic hydroxyl groups excluding tert-OH is 6. The van der Waals surface area contributed by atoms with Gasteiger partial charge in [-0.25, -0.2) is 0 Å². The van der Waals surface area contributed by atoms with Gasteiger partial charge >= 0.3 is 0 Å². The summed E-state index contributed by atoms with van der Waals surface area (Å²) in [5.74, 6) is -0.583. The minimum absolute atomic E-state index is 0.251. The quantitative estimate of drug-likeness (QED) is 0.0364. The number of carbonyl (C=O) groups excluding carboxylic acids is 1. The Bertz CT molecular complexity index is 773. The third kappa shape index (κ3) is 22.3. The Balaban J connectivity index is 2.44. The molecule has 1 aliphatic rings. The zero-order valence-electron chi connectivity index (χ0n) is 32.0. The number of rotatable bonds is 34.